The van der Waals surface area contributed by atoms with E-state index in [0.717, 1.165) is 0 Å². The van der Waals surface area contributed by atoms with Crippen LogP contribution in [-0.4, -0.2) is 57.8 Å². The molecule has 1 saturated heterocycles. The first-order valence-corrected chi connectivity index (χ1v) is 6.25. The number of aliphatic hydroxyl groups is 4. The van der Waals surface area contributed by atoms with Crippen molar-refractivity contribution in [3.05, 3.63) is 23.8 Å². The van der Waals surface area contributed by atoms with Gasteiger partial charge < -0.3 is 35.6 Å². The van der Waals surface area contributed by atoms with Gasteiger partial charge in [0.1, 0.15) is 24.1 Å². The van der Waals surface area contributed by atoms with Gasteiger partial charge in [-0.3, -0.25) is 0 Å². The number of ether oxygens (including phenoxy) is 2. The number of nitrogen functional groups attached to an aromatic ring is 1. The Bertz CT molecular complexity index is 517. The van der Waals surface area contributed by atoms with E-state index in [2.05, 4.69) is 0 Å². The highest BCUT2D eigenvalue weighted by atomic mass is 16.7. The van der Waals surface area contributed by atoms with Gasteiger partial charge in [0.2, 0.25) is 6.29 Å². The zero-order chi connectivity index (χ0) is 16.7. The van der Waals surface area contributed by atoms with E-state index in [0.29, 0.717) is 5.56 Å². The molecule has 22 heavy (non-hydrogen) atoms. The summed E-state index contributed by atoms with van der Waals surface area (Å²) in [7, 11) is 0. The summed E-state index contributed by atoms with van der Waals surface area (Å²) in [5.74, 6) is 0.268. The van der Waals surface area contributed by atoms with Crippen molar-refractivity contribution < 1.29 is 39.5 Å². The van der Waals surface area contributed by atoms with Crippen LogP contribution < -0.4 is 10.5 Å². The molecular formula is C13H17NO8. The lowest BCUT2D eigenvalue weighted by Crippen LogP contribution is -2.54. The maximum absolute atomic E-state index is 9.72. The Hall–Kier alpha value is -2.00. The van der Waals surface area contributed by atoms with E-state index in [1.807, 2.05) is 0 Å². The fraction of sp³-hybridized carbons (Fsp3) is 0.462. The number of aliphatic hydroxyl groups excluding tert-OH is 4. The van der Waals surface area contributed by atoms with Crippen LogP contribution in [0.15, 0.2) is 18.2 Å². The number of hydrogen-bond acceptors (Lipinski definition) is 9. The molecule has 9 heteroatoms. The topological polar surface area (TPSA) is 160 Å². The van der Waals surface area contributed by atoms with Crippen molar-refractivity contribution in [2.75, 3.05) is 12.3 Å². The lowest BCUT2D eigenvalue weighted by molar-refractivity contribution is -0.241. The monoisotopic (exact) mass is 315 g/mol. The van der Waals surface area contributed by atoms with Gasteiger partial charge in [0.05, 0.1) is 18.9 Å². The molecule has 1 aliphatic heterocycles. The fourth-order valence-corrected chi connectivity index (χ4v) is 1.81. The second-order valence-electron chi connectivity index (χ2n) is 4.48. The van der Waals surface area contributed by atoms with Gasteiger partial charge in [0, 0.05) is 0 Å². The zero-order valence-corrected chi connectivity index (χ0v) is 11.5. The summed E-state index contributed by atoms with van der Waals surface area (Å²) in [6, 6.07) is 4.69. The van der Waals surface area contributed by atoms with Crippen LogP contribution in [-0.2, 0) is 20.9 Å². The third kappa shape index (κ3) is 4.50. The highest BCUT2D eigenvalue weighted by Gasteiger charge is 2.39. The summed E-state index contributed by atoms with van der Waals surface area (Å²) in [5.41, 5.74) is 6.65. The van der Waals surface area contributed by atoms with Gasteiger partial charge in [-0.1, -0.05) is 6.07 Å². The minimum atomic E-state index is -1.37. The van der Waals surface area contributed by atoms with Crippen molar-refractivity contribution >= 4 is 11.8 Å². The van der Waals surface area contributed by atoms with Crippen molar-refractivity contribution in [2.24, 2.45) is 0 Å². The normalized spacial score (nSPS) is 27.3. The van der Waals surface area contributed by atoms with Crippen LogP contribution in [0.4, 0.5) is 5.69 Å². The second-order valence-corrected chi connectivity index (χ2v) is 4.48. The average Bonchev–Trinajstić information content (AvgIpc) is 2.50. The van der Waals surface area contributed by atoms with E-state index < -0.39 is 24.6 Å². The quantitative estimate of drug-likeness (QED) is 0.397. The van der Waals surface area contributed by atoms with Gasteiger partial charge in [0.25, 0.3) is 0 Å². The van der Waals surface area contributed by atoms with Gasteiger partial charge in [-0.2, -0.15) is 9.59 Å². The van der Waals surface area contributed by atoms with Crippen LogP contribution in [0, 0.1) is 0 Å². The standard InChI is InChI=1S/C12H17NO6.CO2/c13-7-3-6(4-14)1-2-9(7)19-12-11(17)10(16)8(15)5-18-12;2-1-3/h1-3,8,10-12,14-17H,4-5,13H2;/t8-,10+,11-,12+;/m1./s1. The molecule has 0 saturated carbocycles. The Morgan fingerprint density at radius 3 is 2.45 bits per heavy atom. The van der Waals surface area contributed by atoms with Crippen molar-refractivity contribution in [1.82, 2.24) is 0 Å². The van der Waals surface area contributed by atoms with Crippen molar-refractivity contribution in [1.29, 1.82) is 0 Å². The Kier molecular flexibility index (Phi) is 6.93. The SMILES string of the molecule is Nc1cc(CO)ccc1O[C@@H]1OC[C@@H](O)[C@H](O)[C@H]1O.O=C=O. The van der Waals surface area contributed by atoms with Gasteiger partial charge in [-0.25, -0.2) is 0 Å². The summed E-state index contributed by atoms with van der Waals surface area (Å²) >= 11 is 0. The van der Waals surface area contributed by atoms with Crippen LogP contribution in [0.2, 0.25) is 0 Å². The van der Waals surface area contributed by atoms with Gasteiger partial charge in [-0.15, -0.1) is 0 Å². The molecule has 1 fully saturated rings. The molecule has 0 aliphatic carbocycles. The van der Waals surface area contributed by atoms with Crippen LogP contribution in [0.25, 0.3) is 0 Å². The molecule has 1 heterocycles. The first kappa shape index (κ1) is 18.1. The third-order valence-corrected chi connectivity index (χ3v) is 2.95. The minimum Gasteiger partial charge on any atom is -0.460 e. The first-order chi connectivity index (χ1) is 10.4. The molecule has 0 unspecified atom stereocenters. The molecule has 1 aromatic rings. The number of rotatable bonds is 3. The summed E-state index contributed by atoms with van der Waals surface area (Å²) in [6.45, 7) is -0.282. The molecule has 2 rings (SSSR count). The summed E-state index contributed by atoms with van der Waals surface area (Å²) < 4.78 is 10.5. The lowest BCUT2D eigenvalue weighted by Gasteiger charge is -2.35. The highest BCUT2D eigenvalue weighted by molar-refractivity contribution is 5.54. The smallest absolute Gasteiger partial charge is 0.373 e. The van der Waals surface area contributed by atoms with Crippen LogP contribution in [0.1, 0.15) is 5.56 Å². The predicted octanol–water partition coefficient (Wildman–Crippen LogP) is -2.00. The Morgan fingerprint density at radius 2 is 1.91 bits per heavy atom. The molecule has 122 valence electrons. The molecule has 1 aliphatic rings. The predicted molar refractivity (Wildman–Crippen MR) is 70.2 cm³/mol. The summed E-state index contributed by atoms with van der Waals surface area (Å²) in [5, 5.41) is 37.5. The number of nitrogens with two attached hydrogens (primary N) is 1. The van der Waals surface area contributed by atoms with Gasteiger partial charge >= 0.3 is 6.15 Å². The number of hydrogen-bond donors (Lipinski definition) is 5. The molecule has 0 aromatic heterocycles. The molecular weight excluding hydrogens is 298 g/mol. The molecule has 6 N–H and O–H groups in total. The number of anilines is 1. The van der Waals surface area contributed by atoms with E-state index in [-0.39, 0.29) is 30.8 Å². The number of benzene rings is 1. The zero-order valence-electron chi connectivity index (χ0n) is 11.5. The van der Waals surface area contributed by atoms with E-state index in [9.17, 15) is 15.3 Å². The van der Waals surface area contributed by atoms with E-state index in [1.54, 1.807) is 6.07 Å². The van der Waals surface area contributed by atoms with Crippen molar-refractivity contribution in [3.63, 3.8) is 0 Å². The van der Waals surface area contributed by atoms with E-state index >= 15 is 0 Å². The molecule has 4 atom stereocenters. The highest BCUT2D eigenvalue weighted by Crippen LogP contribution is 2.26. The number of carbonyl (C=O) groups excluding carboxylic acids is 2. The van der Waals surface area contributed by atoms with Crippen LogP contribution in [0.3, 0.4) is 0 Å². The van der Waals surface area contributed by atoms with E-state index in [1.165, 1.54) is 12.1 Å². The Labute approximate surface area is 125 Å². The van der Waals surface area contributed by atoms with Crippen molar-refractivity contribution in [3.8, 4) is 5.75 Å². The molecule has 1 aromatic carbocycles. The lowest BCUT2D eigenvalue weighted by atomic mass is 10.1. The fourth-order valence-electron chi connectivity index (χ4n) is 1.81. The summed E-state index contributed by atoms with van der Waals surface area (Å²) in [6.07, 6.45) is -4.72. The third-order valence-electron chi connectivity index (χ3n) is 2.95. The second kappa shape index (κ2) is 8.44. The molecule has 9 nitrogen and oxygen atoms in total. The van der Waals surface area contributed by atoms with Crippen LogP contribution >= 0.6 is 0 Å². The average molecular weight is 315 g/mol. The molecule has 0 spiro atoms. The Balaban J connectivity index is 0.000000745. The molecule has 0 amide bonds. The van der Waals surface area contributed by atoms with Gasteiger partial charge in [0.15, 0.2) is 0 Å². The minimum absolute atomic E-state index is 0.141. The molecule has 0 radical (unpaired) electrons. The summed E-state index contributed by atoms with van der Waals surface area (Å²) in [4.78, 5) is 16.2. The maximum atomic E-state index is 9.72. The van der Waals surface area contributed by atoms with Crippen molar-refractivity contribution in [2.45, 2.75) is 31.2 Å². The molecule has 0 bridgehead atoms. The van der Waals surface area contributed by atoms with Gasteiger partial charge in [-0.05, 0) is 17.7 Å². The first-order valence-electron chi connectivity index (χ1n) is 6.25. The Morgan fingerprint density at radius 1 is 1.27 bits per heavy atom. The largest absolute Gasteiger partial charge is 0.460 e. The van der Waals surface area contributed by atoms with E-state index in [4.69, 9.17) is 29.9 Å². The maximum Gasteiger partial charge on any atom is 0.373 e. The van der Waals surface area contributed by atoms with Crippen LogP contribution in [0.5, 0.6) is 5.75 Å².